The van der Waals surface area contributed by atoms with Gasteiger partial charge in [0, 0.05) is 48.8 Å². The Labute approximate surface area is 158 Å². The minimum absolute atomic E-state index is 0.0415. The predicted octanol–water partition coefficient (Wildman–Crippen LogP) is 3.64. The molecule has 1 saturated heterocycles. The van der Waals surface area contributed by atoms with Crippen LogP contribution in [0.5, 0.6) is 0 Å². The number of halogens is 1. The zero-order valence-corrected chi connectivity index (χ0v) is 15.3. The van der Waals surface area contributed by atoms with E-state index in [1.807, 2.05) is 30.3 Å². The maximum absolute atomic E-state index is 11.9. The standard InChI is InChI=1S/C21H22ClN3O/c22-16-4-1-5-17(11-16)25-13-19-18(20(19)14-25)8-10-24-21(26)7-6-15-3-2-9-23-12-15/h1-7,9,11-12,18-20H,8,10,13-14H2,(H,24,26)/b7-6+/t18-,19-,20+. The Kier molecular flexibility index (Phi) is 4.93. The van der Waals surface area contributed by atoms with Crippen molar-refractivity contribution in [2.75, 3.05) is 24.5 Å². The Balaban J connectivity index is 1.18. The van der Waals surface area contributed by atoms with Gasteiger partial charge in [0.2, 0.25) is 5.91 Å². The van der Waals surface area contributed by atoms with Gasteiger partial charge in [-0.1, -0.05) is 23.7 Å². The maximum atomic E-state index is 11.9. The second kappa shape index (κ2) is 7.50. The van der Waals surface area contributed by atoms with Crippen molar-refractivity contribution < 1.29 is 4.79 Å². The highest BCUT2D eigenvalue weighted by Crippen LogP contribution is 2.54. The summed E-state index contributed by atoms with van der Waals surface area (Å²) in [6.07, 6.45) is 7.88. The minimum Gasteiger partial charge on any atom is -0.371 e. The number of benzene rings is 1. The Morgan fingerprint density at radius 2 is 2.12 bits per heavy atom. The van der Waals surface area contributed by atoms with Crippen LogP contribution < -0.4 is 10.2 Å². The lowest BCUT2D eigenvalue weighted by atomic mass is 10.2. The van der Waals surface area contributed by atoms with Gasteiger partial charge in [0.25, 0.3) is 0 Å². The van der Waals surface area contributed by atoms with Gasteiger partial charge >= 0.3 is 0 Å². The molecule has 0 radical (unpaired) electrons. The third kappa shape index (κ3) is 3.91. The Morgan fingerprint density at radius 3 is 2.85 bits per heavy atom. The van der Waals surface area contributed by atoms with Crippen LogP contribution in [0.4, 0.5) is 5.69 Å². The lowest BCUT2D eigenvalue weighted by Gasteiger charge is -2.22. The number of hydrogen-bond donors (Lipinski definition) is 1. The third-order valence-electron chi connectivity index (χ3n) is 5.43. The fourth-order valence-electron chi connectivity index (χ4n) is 4.03. The largest absolute Gasteiger partial charge is 0.371 e. The maximum Gasteiger partial charge on any atom is 0.244 e. The van der Waals surface area contributed by atoms with Gasteiger partial charge in [-0.05, 0) is 60.1 Å². The molecule has 5 heteroatoms. The van der Waals surface area contributed by atoms with Crippen molar-refractivity contribution >= 4 is 29.3 Å². The van der Waals surface area contributed by atoms with Gasteiger partial charge in [-0.3, -0.25) is 9.78 Å². The molecule has 2 aliphatic rings. The summed E-state index contributed by atoms with van der Waals surface area (Å²) in [6, 6.07) is 11.9. The normalized spacial score (nSPS) is 23.9. The molecule has 4 rings (SSSR count). The Bertz CT molecular complexity index is 796. The number of amides is 1. The molecule has 0 bridgehead atoms. The zero-order chi connectivity index (χ0) is 17.9. The summed E-state index contributed by atoms with van der Waals surface area (Å²) in [5, 5.41) is 3.78. The van der Waals surface area contributed by atoms with Crippen LogP contribution >= 0.6 is 11.6 Å². The van der Waals surface area contributed by atoms with Crippen LogP contribution in [-0.4, -0.2) is 30.5 Å². The van der Waals surface area contributed by atoms with E-state index in [2.05, 4.69) is 21.3 Å². The molecule has 1 aromatic heterocycles. The van der Waals surface area contributed by atoms with Crippen LogP contribution in [0.25, 0.3) is 6.08 Å². The molecule has 4 nitrogen and oxygen atoms in total. The SMILES string of the molecule is O=C(/C=C/c1cccnc1)NCC[C@@H]1[C@H]2CN(c3cccc(Cl)c3)C[C@@H]12. The number of anilines is 1. The van der Waals surface area contributed by atoms with Gasteiger partial charge in [0.1, 0.15) is 0 Å². The summed E-state index contributed by atoms with van der Waals surface area (Å²) < 4.78 is 0. The van der Waals surface area contributed by atoms with E-state index in [0.29, 0.717) is 0 Å². The van der Waals surface area contributed by atoms with Crippen LogP contribution in [-0.2, 0) is 4.79 Å². The monoisotopic (exact) mass is 367 g/mol. The first kappa shape index (κ1) is 17.1. The van der Waals surface area contributed by atoms with Gasteiger partial charge < -0.3 is 10.2 Å². The van der Waals surface area contributed by atoms with Gasteiger partial charge in [0.15, 0.2) is 0 Å². The van der Waals surface area contributed by atoms with Crippen LogP contribution in [0.2, 0.25) is 5.02 Å². The number of pyridine rings is 1. The van der Waals surface area contributed by atoms with Gasteiger partial charge in [-0.25, -0.2) is 0 Å². The summed E-state index contributed by atoms with van der Waals surface area (Å²) in [4.78, 5) is 18.3. The van der Waals surface area contributed by atoms with E-state index in [1.165, 1.54) is 5.69 Å². The van der Waals surface area contributed by atoms with Crippen molar-refractivity contribution in [1.29, 1.82) is 0 Å². The van der Waals surface area contributed by atoms with Crippen LogP contribution in [0.1, 0.15) is 12.0 Å². The summed E-state index contributed by atoms with van der Waals surface area (Å²) in [5.74, 6) is 2.22. The number of hydrogen-bond acceptors (Lipinski definition) is 3. The molecule has 1 aromatic carbocycles. The van der Waals surface area contributed by atoms with Crippen molar-refractivity contribution in [3.05, 3.63) is 65.5 Å². The number of carbonyl (C=O) groups is 1. The van der Waals surface area contributed by atoms with E-state index in [-0.39, 0.29) is 5.91 Å². The van der Waals surface area contributed by atoms with Crippen LogP contribution in [0, 0.1) is 17.8 Å². The van der Waals surface area contributed by atoms with E-state index in [9.17, 15) is 4.79 Å². The second-order valence-corrected chi connectivity index (χ2v) is 7.51. The highest BCUT2D eigenvalue weighted by Gasteiger charge is 2.54. The minimum atomic E-state index is -0.0415. The van der Waals surface area contributed by atoms with Crippen molar-refractivity contribution in [2.24, 2.45) is 17.8 Å². The van der Waals surface area contributed by atoms with Crippen molar-refractivity contribution in [3.63, 3.8) is 0 Å². The first-order valence-corrected chi connectivity index (χ1v) is 9.45. The van der Waals surface area contributed by atoms with Crippen LogP contribution in [0.15, 0.2) is 54.9 Å². The molecule has 1 aliphatic carbocycles. The average molecular weight is 368 g/mol. The number of aromatic nitrogens is 1. The molecule has 1 N–H and O–H groups in total. The molecular formula is C21H22ClN3O. The fraction of sp³-hybridized carbons (Fsp3) is 0.333. The van der Waals surface area contributed by atoms with E-state index in [4.69, 9.17) is 11.6 Å². The lowest BCUT2D eigenvalue weighted by molar-refractivity contribution is -0.116. The summed E-state index contributed by atoms with van der Waals surface area (Å²) >= 11 is 6.09. The zero-order valence-electron chi connectivity index (χ0n) is 14.5. The predicted molar refractivity (Wildman–Crippen MR) is 105 cm³/mol. The Morgan fingerprint density at radius 1 is 1.27 bits per heavy atom. The number of fused-ring (bicyclic) bond motifs is 1. The second-order valence-electron chi connectivity index (χ2n) is 7.08. The summed E-state index contributed by atoms with van der Waals surface area (Å²) in [6.45, 7) is 2.94. The van der Waals surface area contributed by atoms with E-state index >= 15 is 0 Å². The Hall–Kier alpha value is -2.33. The fourth-order valence-corrected chi connectivity index (χ4v) is 4.21. The van der Waals surface area contributed by atoms with E-state index in [0.717, 1.165) is 54.4 Å². The van der Waals surface area contributed by atoms with Gasteiger partial charge in [-0.15, -0.1) is 0 Å². The highest BCUT2D eigenvalue weighted by molar-refractivity contribution is 6.30. The smallest absolute Gasteiger partial charge is 0.244 e. The highest BCUT2D eigenvalue weighted by atomic mass is 35.5. The van der Waals surface area contributed by atoms with Gasteiger partial charge in [0.05, 0.1) is 0 Å². The van der Waals surface area contributed by atoms with E-state index < -0.39 is 0 Å². The molecule has 0 unspecified atom stereocenters. The summed E-state index contributed by atoms with van der Waals surface area (Å²) in [5.41, 5.74) is 2.15. The molecule has 1 saturated carbocycles. The van der Waals surface area contributed by atoms with Crippen LogP contribution in [0.3, 0.4) is 0 Å². The van der Waals surface area contributed by atoms with Crippen molar-refractivity contribution in [3.8, 4) is 0 Å². The number of nitrogens with one attached hydrogen (secondary N) is 1. The van der Waals surface area contributed by atoms with Gasteiger partial charge in [-0.2, -0.15) is 0 Å². The van der Waals surface area contributed by atoms with Crippen molar-refractivity contribution in [2.45, 2.75) is 6.42 Å². The lowest BCUT2D eigenvalue weighted by Crippen LogP contribution is -2.26. The van der Waals surface area contributed by atoms with E-state index in [1.54, 1.807) is 24.5 Å². The number of carbonyl (C=O) groups excluding carboxylic acids is 1. The molecule has 0 spiro atoms. The van der Waals surface area contributed by atoms with Crippen molar-refractivity contribution in [1.82, 2.24) is 10.3 Å². The summed E-state index contributed by atoms with van der Waals surface area (Å²) in [7, 11) is 0. The quantitative estimate of drug-likeness (QED) is 0.793. The third-order valence-corrected chi connectivity index (χ3v) is 5.67. The molecule has 2 heterocycles. The molecule has 2 aromatic rings. The molecular weight excluding hydrogens is 346 g/mol. The number of piperidine rings is 1. The molecule has 2 fully saturated rings. The topological polar surface area (TPSA) is 45.2 Å². The number of rotatable bonds is 6. The first-order chi connectivity index (χ1) is 12.7. The molecule has 1 amide bonds. The average Bonchev–Trinajstić information content (AvgIpc) is 3.10. The number of nitrogens with zero attached hydrogens (tertiary/aromatic N) is 2. The molecule has 1 aliphatic heterocycles. The molecule has 26 heavy (non-hydrogen) atoms. The molecule has 3 atom stereocenters. The molecule has 134 valence electrons. The first-order valence-electron chi connectivity index (χ1n) is 9.07.